The van der Waals surface area contributed by atoms with Gasteiger partial charge in [0.25, 0.3) is 5.91 Å². The van der Waals surface area contributed by atoms with E-state index in [0.29, 0.717) is 11.3 Å². The second-order valence-electron chi connectivity index (χ2n) is 4.70. The molecule has 1 aromatic heterocycles. The number of nitrogens with zero attached hydrogens (tertiary/aromatic N) is 3. The number of carbonyl (C=O) groups is 3. The van der Waals surface area contributed by atoms with Crippen LogP contribution in [-0.2, 0) is 9.59 Å². The molecule has 110 valence electrons. The van der Waals surface area contributed by atoms with Crippen molar-refractivity contribution in [2.45, 2.75) is 25.8 Å². The molecule has 1 aromatic rings. The lowest BCUT2D eigenvalue weighted by Crippen LogP contribution is -2.44. The third-order valence-electron chi connectivity index (χ3n) is 3.22. The van der Waals surface area contributed by atoms with E-state index in [1.54, 1.807) is 13.8 Å². The Balaban J connectivity index is 2.01. The van der Waals surface area contributed by atoms with E-state index >= 15 is 0 Å². The highest BCUT2D eigenvalue weighted by atomic mass is 32.1. The van der Waals surface area contributed by atoms with Gasteiger partial charge < -0.3 is 10.6 Å². The Morgan fingerprint density at radius 1 is 1.62 bits per heavy atom. The van der Waals surface area contributed by atoms with Gasteiger partial charge in [-0.25, -0.2) is 9.78 Å². The van der Waals surface area contributed by atoms with Gasteiger partial charge in [-0.05, 0) is 13.3 Å². The summed E-state index contributed by atoms with van der Waals surface area (Å²) in [6.07, 6.45) is 1.77. The quantitative estimate of drug-likeness (QED) is 0.793. The van der Waals surface area contributed by atoms with Gasteiger partial charge in [0.1, 0.15) is 23.0 Å². The van der Waals surface area contributed by atoms with Crippen LogP contribution >= 0.6 is 11.3 Å². The first-order chi connectivity index (χ1) is 9.89. The first-order valence-electron chi connectivity index (χ1n) is 6.19. The molecular weight excluding hydrogens is 294 g/mol. The number of nitriles is 1. The van der Waals surface area contributed by atoms with E-state index in [-0.39, 0.29) is 11.7 Å². The van der Waals surface area contributed by atoms with Gasteiger partial charge in [-0.2, -0.15) is 5.26 Å². The van der Waals surface area contributed by atoms with Gasteiger partial charge in [0.15, 0.2) is 5.13 Å². The second kappa shape index (κ2) is 5.49. The number of hydrogen-bond acceptors (Lipinski definition) is 6. The van der Waals surface area contributed by atoms with E-state index < -0.39 is 23.4 Å². The molecule has 1 atom stereocenters. The summed E-state index contributed by atoms with van der Waals surface area (Å²) >= 11 is 1.02. The summed E-state index contributed by atoms with van der Waals surface area (Å²) in [5.41, 5.74) is -0.966. The molecule has 2 N–H and O–H groups in total. The average Bonchev–Trinajstić information content (AvgIpc) is 2.98. The first kappa shape index (κ1) is 14.9. The average molecular weight is 307 g/mol. The summed E-state index contributed by atoms with van der Waals surface area (Å²) in [5, 5.41) is 13.9. The molecule has 1 saturated heterocycles. The predicted octanol–water partition coefficient (Wildman–Crippen LogP) is 0.674. The Kier molecular flexibility index (Phi) is 3.90. The molecular formula is C12H13N5O3S. The zero-order chi connectivity index (χ0) is 15.6. The van der Waals surface area contributed by atoms with E-state index in [0.717, 1.165) is 16.2 Å². The summed E-state index contributed by atoms with van der Waals surface area (Å²) < 4.78 is 0. The SMILES string of the molecule is CCC1(C)NC(=O)N(CC(=O)Nc2ncc(C#N)s2)C1=O. The zero-order valence-electron chi connectivity index (χ0n) is 11.5. The van der Waals surface area contributed by atoms with E-state index in [1.807, 2.05) is 6.07 Å². The van der Waals surface area contributed by atoms with Gasteiger partial charge in [0.05, 0.1) is 6.20 Å². The topological polar surface area (TPSA) is 115 Å². The van der Waals surface area contributed by atoms with Crippen molar-refractivity contribution in [2.24, 2.45) is 0 Å². The Bertz CT molecular complexity index is 650. The molecule has 1 unspecified atom stereocenters. The van der Waals surface area contributed by atoms with Crippen molar-refractivity contribution in [1.82, 2.24) is 15.2 Å². The lowest BCUT2D eigenvalue weighted by molar-refractivity contribution is -0.133. The summed E-state index contributed by atoms with van der Waals surface area (Å²) in [7, 11) is 0. The van der Waals surface area contributed by atoms with Crippen LogP contribution in [0.25, 0.3) is 0 Å². The van der Waals surface area contributed by atoms with Gasteiger partial charge in [-0.1, -0.05) is 18.3 Å². The van der Waals surface area contributed by atoms with Gasteiger partial charge >= 0.3 is 6.03 Å². The molecule has 2 rings (SSSR count). The number of urea groups is 1. The molecule has 0 bridgehead atoms. The number of amides is 4. The maximum Gasteiger partial charge on any atom is 0.325 e. The Labute approximate surface area is 124 Å². The molecule has 0 radical (unpaired) electrons. The molecule has 21 heavy (non-hydrogen) atoms. The molecule has 2 heterocycles. The van der Waals surface area contributed by atoms with Crippen molar-refractivity contribution in [3.63, 3.8) is 0 Å². The van der Waals surface area contributed by atoms with E-state index in [4.69, 9.17) is 5.26 Å². The Morgan fingerprint density at radius 2 is 2.33 bits per heavy atom. The highest BCUT2D eigenvalue weighted by Crippen LogP contribution is 2.21. The van der Waals surface area contributed by atoms with E-state index in [1.165, 1.54) is 6.20 Å². The van der Waals surface area contributed by atoms with Crippen LogP contribution in [0.1, 0.15) is 25.1 Å². The number of aromatic nitrogens is 1. The van der Waals surface area contributed by atoms with Crippen LogP contribution < -0.4 is 10.6 Å². The minimum atomic E-state index is -0.966. The van der Waals surface area contributed by atoms with Crippen molar-refractivity contribution < 1.29 is 14.4 Å². The molecule has 1 aliphatic rings. The minimum absolute atomic E-state index is 0.252. The van der Waals surface area contributed by atoms with Crippen LogP contribution in [0.5, 0.6) is 0 Å². The van der Waals surface area contributed by atoms with Crippen molar-refractivity contribution in [2.75, 3.05) is 11.9 Å². The fraction of sp³-hybridized carbons (Fsp3) is 0.417. The fourth-order valence-electron chi connectivity index (χ4n) is 1.82. The summed E-state index contributed by atoms with van der Waals surface area (Å²) in [6, 6.07) is 1.32. The van der Waals surface area contributed by atoms with Crippen LogP contribution in [0.2, 0.25) is 0 Å². The lowest BCUT2D eigenvalue weighted by atomic mass is 9.99. The van der Waals surface area contributed by atoms with Gasteiger partial charge in [-0.3, -0.25) is 14.5 Å². The molecule has 0 saturated carbocycles. The molecule has 8 nitrogen and oxygen atoms in total. The van der Waals surface area contributed by atoms with Crippen LogP contribution in [0.3, 0.4) is 0 Å². The molecule has 0 aliphatic carbocycles. The largest absolute Gasteiger partial charge is 0.325 e. The standard InChI is InChI=1S/C12H13N5O3S/c1-3-12(2)9(19)17(11(20)16-12)6-8(18)15-10-14-5-7(4-13)21-10/h5H,3,6H2,1-2H3,(H,16,20)(H,14,15,18). The number of imide groups is 1. The molecule has 1 aliphatic heterocycles. The molecule has 9 heteroatoms. The predicted molar refractivity (Wildman–Crippen MR) is 74.4 cm³/mol. The zero-order valence-corrected chi connectivity index (χ0v) is 12.3. The van der Waals surface area contributed by atoms with Crippen molar-refractivity contribution in [3.05, 3.63) is 11.1 Å². The fourth-order valence-corrected chi connectivity index (χ4v) is 2.45. The summed E-state index contributed by atoms with van der Waals surface area (Å²) in [5.74, 6) is -0.973. The second-order valence-corrected chi connectivity index (χ2v) is 5.73. The number of nitrogens with one attached hydrogen (secondary N) is 2. The molecule has 0 spiro atoms. The number of thiazole rings is 1. The van der Waals surface area contributed by atoms with Crippen molar-refractivity contribution in [3.8, 4) is 6.07 Å². The third-order valence-corrected chi connectivity index (χ3v) is 4.03. The monoisotopic (exact) mass is 307 g/mol. The van der Waals surface area contributed by atoms with Crippen LogP contribution in [-0.4, -0.2) is 39.8 Å². The number of rotatable bonds is 4. The van der Waals surface area contributed by atoms with Gasteiger partial charge in [0.2, 0.25) is 5.91 Å². The maximum absolute atomic E-state index is 12.1. The molecule has 0 aromatic carbocycles. The number of carbonyl (C=O) groups excluding carboxylic acids is 3. The van der Waals surface area contributed by atoms with Gasteiger partial charge in [0, 0.05) is 0 Å². The maximum atomic E-state index is 12.1. The number of anilines is 1. The van der Waals surface area contributed by atoms with Crippen molar-refractivity contribution in [1.29, 1.82) is 5.26 Å². The van der Waals surface area contributed by atoms with E-state index in [9.17, 15) is 14.4 Å². The molecule has 4 amide bonds. The summed E-state index contributed by atoms with van der Waals surface area (Å²) in [4.78, 5) is 40.8. The van der Waals surface area contributed by atoms with Gasteiger partial charge in [-0.15, -0.1) is 0 Å². The van der Waals surface area contributed by atoms with Crippen LogP contribution in [0, 0.1) is 11.3 Å². The Morgan fingerprint density at radius 3 is 2.86 bits per heavy atom. The minimum Gasteiger partial charge on any atom is -0.323 e. The summed E-state index contributed by atoms with van der Waals surface area (Å²) in [6.45, 7) is 3.01. The lowest BCUT2D eigenvalue weighted by Gasteiger charge is -2.18. The highest BCUT2D eigenvalue weighted by molar-refractivity contribution is 7.16. The van der Waals surface area contributed by atoms with Crippen LogP contribution in [0.15, 0.2) is 6.20 Å². The Hall–Kier alpha value is -2.47. The van der Waals surface area contributed by atoms with E-state index in [2.05, 4.69) is 15.6 Å². The smallest absolute Gasteiger partial charge is 0.323 e. The third kappa shape index (κ3) is 2.85. The highest BCUT2D eigenvalue weighted by Gasteiger charge is 2.46. The number of hydrogen-bond donors (Lipinski definition) is 2. The first-order valence-corrected chi connectivity index (χ1v) is 7.01. The van der Waals surface area contributed by atoms with Crippen molar-refractivity contribution >= 4 is 34.3 Å². The normalized spacial score (nSPS) is 21.1. The van der Waals surface area contributed by atoms with Crippen LogP contribution in [0.4, 0.5) is 9.93 Å². The molecule has 1 fully saturated rings.